The molecule has 6 nitrogen and oxygen atoms in total. The topological polar surface area (TPSA) is 61.5 Å². The number of rotatable bonds is 6. The van der Waals surface area contributed by atoms with Crippen LogP contribution in [0.15, 0.2) is 47.6 Å². The van der Waals surface area contributed by atoms with Crippen LogP contribution >= 0.6 is 11.8 Å². The summed E-state index contributed by atoms with van der Waals surface area (Å²) in [4.78, 5) is 9.76. The maximum Gasteiger partial charge on any atom is 0.191 e. The fraction of sp³-hybridized carbons (Fsp3) is 0.348. The first kappa shape index (κ1) is 19.2. The van der Waals surface area contributed by atoms with E-state index in [4.69, 9.17) is 24.5 Å². The average molecular weight is 421 g/mol. The number of thioether (sulfide) groups is 1. The van der Waals surface area contributed by atoms with Crippen LogP contribution in [0.4, 0.5) is 0 Å². The van der Waals surface area contributed by atoms with E-state index in [1.165, 1.54) is 19.3 Å². The molecule has 0 unspecified atom stereocenters. The third-order valence-electron chi connectivity index (χ3n) is 5.13. The summed E-state index contributed by atoms with van der Waals surface area (Å²) in [5.41, 5.74) is 2.69. The van der Waals surface area contributed by atoms with Crippen molar-refractivity contribution in [1.82, 2.24) is 19.6 Å². The molecule has 4 aromatic rings. The number of unbranched alkanes of at least 4 members (excludes halogenated alkanes) is 2. The quantitative estimate of drug-likeness (QED) is 0.237. The van der Waals surface area contributed by atoms with Crippen LogP contribution in [0.2, 0.25) is 0 Å². The highest BCUT2D eigenvalue weighted by Gasteiger charge is 2.17. The molecule has 0 radical (unpaired) electrons. The lowest BCUT2D eigenvalue weighted by molar-refractivity contribution is 0.297. The fourth-order valence-corrected chi connectivity index (χ4v) is 4.51. The number of ether oxygens (including phenoxy) is 2. The summed E-state index contributed by atoms with van der Waals surface area (Å²) >= 11 is 1.74. The van der Waals surface area contributed by atoms with Crippen molar-refractivity contribution in [2.24, 2.45) is 0 Å². The molecule has 30 heavy (non-hydrogen) atoms. The van der Waals surface area contributed by atoms with Crippen LogP contribution in [0.25, 0.3) is 27.9 Å². The lowest BCUT2D eigenvalue weighted by Crippen LogP contribution is -1.99. The molecule has 1 aliphatic rings. The molecule has 3 heterocycles. The van der Waals surface area contributed by atoms with Gasteiger partial charge in [0.15, 0.2) is 28.1 Å². The Morgan fingerprint density at radius 1 is 1.00 bits per heavy atom. The van der Waals surface area contributed by atoms with Gasteiger partial charge in [-0.15, -0.1) is 5.10 Å². The van der Waals surface area contributed by atoms with E-state index in [-0.39, 0.29) is 0 Å². The van der Waals surface area contributed by atoms with Gasteiger partial charge in [-0.05, 0) is 36.8 Å². The number of para-hydroxylation sites is 1. The molecule has 1 aliphatic heterocycles. The first-order valence-electron chi connectivity index (χ1n) is 10.5. The Hall–Kier alpha value is -2.80. The van der Waals surface area contributed by atoms with Gasteiger partial charge in [0.2, 0.25) is 0 Å². The Morgan fingerprint density at radius 3 is 2.77 bits per heavy atom. The van der Waals surface area contributed by atoms with E-state index in [0.29, 0.717) is 19.0 Å². The van der Waals surface area contributed by atoms with E-state index in [9.17, 15) is 0 Å². The number of hydrogen-bond donors (Lipinski definition) is 0. The number of benzene rings is 2. The SMILES string of the molecule is CCCCCSc1nc2ccccc2c2nc(-c3ccc4c(c3)OCCCO4)nn12. The summed E-state index contributed by atoms with van der Waals surface area (Å²) < 4.78 is 13.5. The van der Waals surface area contributed by atoms with Gasteiger partial charge in [-0.1, -0.05) is 43.7 Å². The highest BCUT2D eigenvalue weighted by Crippen LogP contribution is 2.34. The summed E-state index contributed by atoms with van der Waals surface area (Å²) in [5, 5.41) is 6.72. The smallest absolute Gasteiger partial charge is 0.191 e. The van der Waals surface area contributed by atoms with Gasteiger partial charge in [0.25, 0.3) is 0 Å². The molecular formula is C23H24N4O2S. The number of fused-ring (bicyclic) bond motifs is 4. The van der Waals surface area contributed by atoms with Gasteiger partial charge < -0.3 is 9.47 Å². The highest BCUT2D eigenvalue weighted by molar-refractivity contribution is 7.99. The minimum absolute atomic E-state index is 0.655. The molecule has 0 spiro atoms. The maximum atomic E-state index is 5.85. The molecule has 2 aromatic heterocycles. The standard InChI is InChI=1S/C23H24N4O2S/c1-2-3-6-14-30-23-24-18-9-5-4-8-17(18)22-25-21(26-27(22)23)16-10-11-19-20(15-16)29-13-7-12-28-19/h4-5,8-11,15H,2-3,6-7,12-14H2,1H3. The molecule has 0 amide bonds. The molecule has 0 bridgehead atoms. The molecule has 0 atom stereocenters. The predicted octanol–water partition coefficient (Wildman–Crippen LogP) is 5.39. The van der Waals surface area contributed by atoms with E-state index in [1.807, 2.05) is 40.9 Å². The van der Waals surface area contributed by atoms with Crippen LogP contribution in [-0.2, 0) is 0 Å². The van der Waals surface area contributed by atoms with Gasteiger partial charge in [-0.2, -0.15) is 4.52 Å². The molecule has 5 rings (SSSR count). The van der Waals surface area contributed by atoms with Crippen LogP contribution in [0.1, 0.15) is 32.6 Å². The lowest BCUT2D eigenvalue weighted by atomic mass is 10.2. The van der Waals surface area contributed by atoms with E-state index in [1.54, 1.807) is 11.8 Å². The van der Waals surface area contributed by atoms with Crippen LogP contribution in [0, 0.1) is 0 Å². The van der Waals surface area contributed by atoms with E-state index in [0.717, 1.165) is 50.9 Å². The normalized spacial score (nSPS) is 13.6. The Morgan fingerprint density at radius 2 is 1.87 bits per heavy atom. The zero-order valence-electron chi connectivity index (χ0n) is 17.0. The summed E-state index contributed by atoms with van der Waals surface area (Å²) in [5.74, 6) is 3.22. The van der Waals surface area contributed by atoms with Crippen LogP contribution in [-0.4, -0.2) is 38.5 Å². The maximum absolute atomic E-state index is 5.85. The molecule has 0 aliphatic carbocycles. The Labute approximate surface area is 179 Å². The minimum Gasteiger partial charge on any atom is -0.490 e. The zero-order valence-corrected chi connectivity index (χ0v) is 17.8. The summed E-state index contributed by atoms with van der Waals surface area (Å²) in [6.07, 6.45) is 4.48. The average Bonchev–Trinajstić information content (AvgIpc) is 3.10. The van der Waals surface area contributed by atoms with Crippen molar-refractivity contribution in [2.45, 2.75) is 37.8 Å². The van der Waals surface area contributed by atoms with Crippen molar-refractivity contribution in [1.29, 1.82) is 0 Å². The number of hydrogen-bond acceptors (Lipinski definition) is 6. The van der Waals surface area contributed by atoms with Crippen molar-refractivity contribution >= 4 is 28.3 Å². The minimum atomic E-state index is 0.655. The number of aromatic nitrogens is 4. The van der Waals surface area contributed by atoms with E-state index < -0.39 is 0 Å². The second kappa shape index (κ2) is 8.52. The molecule has 0 saturated heterocycles. The van der Waals surface area contributed by atoms with Gasteiger partial charge in [0.05, 0.1) is 18.7 Å². The largest absolute Gasteiger partial charge is 0.490 e. The van der Waals surface area contributed by atoms with Crippen molar-refractivity contribution in [3.63, 3.8) is 0 Å². The molecule has 0 saturated carbocycles. The Bertz CT molecular complexity index is 1190. The molecule has 0 fully saturated rings. The molecule has 154 valence electrons. The van der Waals surface area contributed by atoms with E-state index in [2.05, 4.69) is 13.0 Å². The van der Waals surface area contributed by atoms with Crippen LogP contribution < -0.4 is 9.47 Å². The van der Waals surface area contributed by atoms with Crippen LogP contribution in [0.5, 0.6) is 11.5 Å². The zero-order chi connectivity index (χ0) is 20.3. The first-order chi connectivity index (χ1) is 14.8. The van der Waals surface area contributed by atoms with Gasteiger partial charge >= 0.3 is 0 Å². The van der Waals surface area contributed by atoms with Gasteiger partial charge in [0.1, 0.15) is 0 Å². The summed E-state index contributed by atoms with van der Waals surface area (Å²) in [7, 11) is 0. The van der Waals surface area contributed by atoms with Crippen molar-refractivity contribution in [2.75, 3.05) is 19.0 Å². The second-order valence-corrected chi connectivity index (χ2v) is 8.41. The Kier molecular flexibility index (Phi) is 5.45. The van der Waals surface area contributed by atoms with Crippen molar-refractivity contribution in [3.8, 4) is 22.9 Å². The molecular weight excluding hydrogens is 396 g/mol. The monoisotopic (exact) mass is 420 g/mol. The number of nitrogens with zero attached hydrogens (tertiary/aromatic N) is 4. The molecule has 7 heteroatoms. The van der Waals surface area contributed by atoms with Gasteiger partial charge in [-0.3, -0.25) is 0 Å². The van der Waals surface area contributed by atoms with Crippen molar-refractivity contribution in [3.05, 3.63) is 42.5 Å². The first-order valence-corrected chi connectivity index (χ1v) is 11.5. The third kappa shape index (κ3) is 3.69. The predicted molar refractivity (Wildman–Crippen MR) is 120 cm³/mol. The van der Waals surface area contributed by atoms with Crippen LogP contribution in [0.3, 0.4) is 0 Å². The Balaban J connectivity index is 1.58. The van der Waals surface area contributed by atoms with Gasteiger partial charge in [0, 0.05) is 23.1 Å². The van der Waals surface area contributed by atoms with Gasteiger partial charge in [-0.25, -0.2) is 9.97 Å². The lowest BCUT2D eigenvalue weighted by Gasteiger charge is -2.07. The fourth-order valence-electron chi connectivity index (χ4n) is 3.56. The third-order valence-corrected chi connectivity index (χ3v) is 6.15. The second-order valence-electron chi connectivity index (χ2n) is 7.35. The van der Waals surface area contributed by atoms with Crippen molar-refractivity contribution < 1.29 is 9.47 Å². The summed E-state index contributed by atoms with van der Waals surface area (Å²) in [6.45, 7) is 3.55. The molecule has 0 N–H and O–H groups in total. The van der Waals surface area contributed by atoms with E-state index >= 15 is 0 Å². The summed E-state index contributed by atoms with van der Waals surface area (Å²) in [6, 6.07) is 14.0. The molecule has 2 aromatic carbocycles. The highest BCUT2D eigenvalue weighted by atomic mass is 32.2.